The first-order chi connectivity index (χ1) is 10.9. The molecule has 1 fully saturated rings. The molecule has 0 aliphatic carbocycles. The van der Waals surface area contributed by atoms with Crippen LogP contribution in [0.1, 0.15) is 110 Å². The van der Waals surface area contributed by atoms with Crippen molar-refractivity contribution in [2.75, 3.05) is 0 Å². The van der Waals surface area contributed by atoms with E-state index in [0.29, 0.717) is 12.2 Å². The summed E-state index contributed by atoms with van der Waals surface area (Å²) in [5, 5.41) is 0. The number of unbranched alkanes of at least 4 members (excludes halogenated alkanes) is 11. The van der Waals surface area contributed by atoms with E-state index in [2.05, 4.69) is 25.7 Å². The van der Waals surface area contributed by atoms with Crippen molar-refractivity contribution in [3.63, 3.8) is 0 Å². The van der Waals surface area contributed by atoms with Crippen LogP contribution in [0.5, 0.6) is 0 Å². The van der Waals surface area contributed by atoms with Gasteiger partial charge in [0.2, 0.25) is 0 Å². The first kappa shape index (κ1) is 19.6. The molecule has 128 valence electrons. The second-order valence-electron chi connectivity index (χ2n) is 6.84. The molecule has 0 unspecified atom stereocenters. The minimum atomic E-state index is 0.465. The summed E-state index contributed by atoms with van der Waals surface area (Å²) in [6, 6.07) is 0. The molecule has 1 nitrogen and oxygen atoms in total. The molecule has 1 rings (SSSR count). The van der Waals surface area contributed by atoms with Gasteiger partial charge in [0.1, 0.15) is 0 Å². The Morgan fingerprint density at radius 2 is 1.23 bits per heavy atom. The maximum absolute atomic E-state index is 5.71. The quantitative estimate of drug-likeness (QED) is 0.199. The number of ether oxygens (including phenoxy) is 1. The van der Waals surface area contributed by atoms with E-state index in [-0.39, 0.29) is 0 Å². The van der Waals surface area contributed by atoms with Crippen molar-refractivity contribution >= 4 is 0 Å². The van der Waals surface area contributed by atoms with E-state index >= 15 is 0 Å². The minimum Gasteiger partial charge on any atom is -0.369 e. The van der Waals surface area contributed by atoms with Crippen molar-refractivity contribution in [2.45, 2.75) is 122 Å². The topological polar surface area (TPSA) is 12.5 Å². The van der Waals surface area contributed by atoms with Gasteiger partial charge in [-0.3, -0.25) is 0 Å². The molecule has 0 saturated carbocycles. The van der Waals surface area contributed by atoms with Gasteiger partial charge in [0.25, 0.3) is 0 Å². The van der Waals surface area contributed by atoms with Crippen LogP contribution in [0.4, 0.5) is 0 Å². The lowest BCUT2D eigenvalue weighted by Crippen LogP contribution is -1.93. The molecule has 0 aromatic carbocycles. The van der Waals surface area contributed by atoms with Crippen LogP contribution in [-0.4, -0.2) is 12.2 Å². The highest BCUT2D eigenvalue weighted by atomic mass is 16.6. The Balaban J connectivity index is 1.80. The SMILES string of the molecule is CCCCCC#CC[C@H]1O[C@@H]1CCCCCCCCCCC. The summed E-state index contributed by atoms with van der Waals surface area (Å²) < 4.78 is 5.71. The van der Waals surface area contributed by atoms with Crippen LogP contribution in [0.25, 0.3) is 0 Å². The molecule has 0 spiro atoms. The molecule has 1 aliphatic heterocycles. The van der Waals surface area contributed by atoms with Gasteiger partial charge in [-0.1, -0.05) is 84.5 Å². The van der Waals surface area contributed by atoms with Crippen LogP contribution in [0.2, 0.25) is 0 Å². The van der Waals surface area contributed by atoms with Crippen LogP contribution >= 0.6 is 0 Å². The molecule has 0 radical (unpaired) electrons. The van der Waals surface area contributed by atoms with Gasteiger partial charge in [-0.25, -0.2) is 0 Å². The Labute approximate surface area is 139 Å². The molecule has 0 bridgehead atoms. The fourth-order valence-corrected chi connectivity index (χ4v) is 2.99. The van der Waals surface area contributed by atoms with Gasteiger partial charge >= 0.3 is 0 Å². The summed E-state index contributed by atoms with van der Waals surface area (Å²) in [6.45, 7) is 4.52. The summed E-state index contributed by atoms with van der Waals surface area (Å²) in [5.74, 6) is 6.58. The molecular formula is C21H38O. The number of hydrogen-bond acceptors (Lipinski definition) is 1. The lowest BCUT2D eigenvalue weighted by Gasteiger charge is -2.01. The van der Waals surface area contributed by atoms with E-state index in [1.807, 2.05) is 0 Å². The van der Waals surface area contributed by atoms with Crippen molar-refractivity contribution in [1.82, 2.24) is 0 Å². The molecule has 1 heterocycles. The van der Waals surface area contributed by atoms with Crippen LogP contribution in [0.15, 0.2) is 0 Å². The average molecular weight is 307 g/mol. The zero-order valence-electron chi connectivity index (χ0n) is 15.2. The predicted octanol–water partition coefficient (Wildman–Crippen LogP) is 6.65. The number of hydrogen-bond donors (Lipinski definition) is 0. The Bertz CT molecular complexity index is 299. The Kier molecular flexibility index (Phi) is 12.6. The van der Waals surface area contributed by atoms with Gasteiger partial charge in [-0.15, -0.1) is 11.8 Å². The van der Waals surface area contributed by atoms with Crippen molar-refractivity contribution in [1.29, 1.82) is 0 Å². The maximum Gasteiger partial charge on any atom is 0.0950 e. The largest absolute Gasteiger partial charge is 0.369 e. The fraction of sp³-hybridized carbons (Fsp3) is 0.905. The molecule has 2 atom stereocenters. The Morgan fingerprint density at radius 3 is 1.91 bits per heavy atom. The summed E-state index contributed by atoms with van der Waals surface area (Å²) in [6.07, 6.45) is 20.8. The third-order valence-corrected chi connectivity index (χ3v) is 4.61. The zero-order valence-corrected chi connectivity index (χ0v) is 15.2. The van der Waals surface area contributed by atoms with Gasteiger partial charge in [-0.05, 0) is 12.8 Å². The first-order valence-electron chi connectivity index (χ1n) is 9.99. The summed E-state index contributed by atoms with van der Waals surface area (Å²) in [7, 11) is 0. The Hall–Kier alpha value is -0.480. The normalized spacial score (nSPS) is 19.7. The standard InChI is InChI=1S/C21H38O/c1-3-5-7-9-11-12-13-15-17-19-21-20(22-21)18-16-14-10-8-6-4-2/h20-21H,3-13,15,17-19H2,1-2H3/t20-,21-/m1/s1. The summed E-state index contributed by atoms with van der Waals surface area (Å²) in [5.41, 5.74) is 0. The molecule has 0 N–H and O–H groups in total. The van der Waals surface area contributed by atoms with E-state index in [1.165, 1.54) is 83.5 Å². The van der Waals surface area contributed by atoms with Gasteiger partial charge in [-0.2, -0.15) is 0 Å². The molecule has 1 aliphatic rings. The van der Waals surface area contributed by atoms with E-state index in [9.17, 15) is 0 Å². The van der Waals surface area contributed by atoms with Crippen LogP contribution < -0.4 is 0 Å². The second-order valence-corrected chi connectivity index (χ2v) is 6.84. The van der Waals surface area contributed by atoms with Crippen LogP contribution in [-0.2, 0) is 4.74 Å². The van der Waals surface area contributed by atoms with Crippen molar-refractivity contribution in [3.8, 4) is 11.8 Å². The zero-order chi connectivity index (χ0) is 15.9. The highest BCUT2D eigenvalue weighted by Gasteiger charge is 2.36. The smallest absolute Gasteiger partial charge is 0.0950 e. The van der Waals surface area contributed by atoms with E-state index in [1.54, 1.807) is 0 Å². The molecular weight excluding hydrogens is 268 g/mol. The molecule has 1 saturated heterocycles. The van der Waals surface area contributed by atoms with Crippen molar-refractivity contribution < 1.29 is 4.74 Å². The van der Waals surface area contributed by atoms with Crippen LogP contribution in [0, 0.1) is 11.8 Å². The molecule has 1 heteroatoms. The highest BCUT2D eigenvalue weighted by molar-refractivity contribution is 5.04. The van der Waals surface area contributed by atoms with E-state index in [4.69, 9.17) is 4.74 Å². The number of rotatable bonds is 14. The van der Waals surface area contributed by atoms with Crippen molar-refractivity contribution in [3.05, 3.63) is 0 Å². The molecule has 0 aromatic rings. The second kappa shape index (κ2) is 14.1. The van der Waals surface area contributed by atoms with Crippen LogP contribution in [0.3, 0.4) is 0 Å². The fourth-order valence-electron chi connectivity index (χ4n) is 2.99. The van der Waals surface area contributed by atoms with Gasteiger partial charge in [0, 0.05) is 12.8 Å². The van der Waals surface area contributed by atoms with E-state index in [0.717, 1.165) is 12.8 Å². The van der Waals surface area contributed by atoms with Crippen molar-refractivity contribution in [2.24, 2.45) is 0 Å². The molecule has 22 heavy (non-hydrogen) atoms. The van der Waals surface area contributed by atoms with Gasteiger partial charge < -0.3 is 4.74 Å². The third kappa shape index (κ3) is 11.1. The third-order valence-electron chi connectivity index (χ3n) is 4.61. The Morgan fingerprint density at radius 1 is 0.636 bits per heavy atom. The first-order valence-corrected chi connectivity index (χ1v) is 9.99. The number of epoxide rings is 1. The molecule has 0 amide bonds. The maximum atomic E-state index is 5.71. The minimum absolute atomic E-state index is 0.465. The lowest BCUT2D eigenvalue weighted by atomic mass is 10.0. The monoisotopic (exact) mass is 306 g/mol. The van der Waals surface area contributed by atoms with Gasteiger partial charge in [0.15, 0.2) is 0 Å². The lowest BCUT2D eigenvalue weighted by molar-refractivity contribution is 0.359. The molecule has 0 aromatic heterocycles. The predicted molar refractivity (Wildman–Crippen MR) is 97.0 cm³/mol. The average Bonchev–Trinajstić information content (AvgIpc) is 3.27. The summed E-state index contributed by atoms with van der Waals surface area (Å²) in [4.78, 5) is 0. The highest BCUT2D eigenvalue weighted by Crippen LogP contribution is 2.29. The van der Waals surface area contributed by atoms with Gasteiger partial charge in [0.05, 0.1) is 12.2 Å². The van der Waals surface area contributed by atoms with E-state index < -0.39 is 0 Å². The summed E-state index contributed by atoms with van der Waals surface area (Å²) >= 11 is 0.